The molecule has 5 nitrogen and oxygen atoms in total. The van der Waals surface area contributed by atoms with Crippen LogP contribution in [0.5, 0.6) is 0 Å². The van der Waals surface area contributed by atoms with Gasteiger partial charge in [0, 0.05) is 0 Å². The van der Waals surface area contributed by atoms with Crippen molar-refractivity contribution in [1.29, 1.82) is 0 Å². The Morgan fingerprint density at radius 3 is 3.00 bits per heavy atom. The highest BCUT2D eigenvalue weighted by Gasteiger charge is 2.31. The fourth-order valence-corrected chi connectivity index (χ4v) is 1.22. The standard InChI is InChI=1S/C8H11NO4/c1-2-5-4-12-7(10)3-6(5)8(11)13-9/h2,6H,3-4,9H2,1H3/b5-2+. The molecule has 0 aromatic heterocycles. The SMILES string of the molecule is C/C=C1\COC(=O)CC1C(=O)ON. The minimum absolute atomic E-state index is 0.00963. The quantitative estimate of drug-likeness (QED) is 0.351. The molecular weight excluding hydrogens is 174 g/mol. The molecule has 2 N–H and O–H groups in total. The first-order chi connectivity index (χ1) is 6.19. The molecule has 0 aromatic rings. The van der Waals surface area contributed by atoms with Gasteiger partial charge in [0.15, 0.2) is 0 Å². The Hall–Kier alpha value is -1.36. The number of esters is 1. The number of carbonyl (C=O) groups excluding carboxylic acids is 2. The maximum Gasteiger partial charge on any atom is 0.332 e. The second-order valence-electron chi connectivity index (χ2n) is 2.72. The predicted octanol–water partition coefficient (Wildman–Crippen LogP) is -0.0873. The van der Waals surface area contributed by atoms with E-state index in [1.165, 1.54) is 0 Å². The number of hydrogen-bond acceptors (Lipinski definition) is 5. The van der Waals surface area contributed by atoms with Crippen LogP contribution in [-0.2, 0) is 19.2 Å². The molecule has 72 valence electrons. The van der Waals surface area contributed by atoms with Crippen LogP contribution in [0, 0.1) is 5.92 Å². The molecule has 0 spiro atoms. The Kier molecular flexibility index (Phi) is 3.02. The summed E-state index contributed by atoms with van der Waals surface area (Å²) in [7, 11) is 0. The Morgan fingerprint density at radius 1 is 1.77 bits per heavy atom. The van der Waals surface area contributed by atoms with E-state index in [0.29, 0.717) is 0 Å². The highest BCUT2D eigenvalue weighted by atomic mass is 16.7. The molecule has 0 aliphatic carbocycles. The summed E-state index contributed by atoms with van der Waals surface area (Å²) >= 11 is 0. The molecule has 13 heavy (non-hydrogen) atoms. The average molecular weight is 185 g/mol. The molecule has 1 unspecified atom stereocenters. The van der Waals surface area contributed by atoms with Crippen molar-refractivity contribution in [2.75, 3.05) is 6.61 Å². The van der Waals surface area contributed by atoms with E-state index in [1.807, 2.05) is 0 Å². The van der Waals surface area contributed by atoms with Gasteiger partial charge < -0.3 is 9.57 Å². The third-order valence-electron chi connectivity index (χ3n) is 1.99. The molecule has 0 aromatic carbocycles. The van der Waals surface area contributed by atoms with Gasteiger partial charge in [-0.1, -0.05) is 6.08 Å². The van der Waals surface area contributed by atoms with Gasteiger partial charge in [-0.15, -0.1) is 0 Å². The number of carbonyl (C=O) groups is 2. The first-order valence-corrected chi connectivity index (χ1v) is 3.90. The maximum atomic E-state index is 11.1. The highest BCUT2D eigenvalue weighted by molar-refractivity contribution is 5.83. The van der Waals surface area contributed by atoms with Gasteiger partial charge in [0.05, 0.1) is 12.3 Å². The number of hydrogen-bond donors (Lipinski definition) is 1. The van der Waals surface area contributed by atoms with Crippen molar-refractivity contribution in [3.63, 3.8) is 0 Å². The fraction of sp³-hybridized carbons (Fsp3) is 0.500. The molecule has 1 saturated heterocycles. The lowest BCUT2D eigenvalue weighted by molar-refractivity contribution is -0.157. The van der Waals surface area contributed by atoms with Crippen LogP contribution in [0.3, 0.4) is 0 Å². The molecule has 1 heterocycles. The van der Waals surface area contributed by atoms with Crippen LogP contribution >= 0.6 is 0 Å². The molecule has 1 atom stereocenters. The van der Waals surface area contributed by atoms with Gasteiger partial charge in [-0.25, -0.2) is 4.79 Å². The van der Waals surface area contributed by atoms with E-state index >= 15 is 0 Å². The third-order valence-corrected chi connectivity index (χ3v) is 1.99. The number of ether oxygens (including phenoxy) is 1. The lowest BCUT2D eigenvalue weighted by Crippen LogP contribution is -2.31. The second kappa shape index (κ2) is 4.04. The molecule has 0 saturated carbocycles. The zero-order chi connectivity index (χ0) is 9.84. The lowest BCUT2D eigenvalue weighted by Gasteiger charge is -2.21. The molecule has 1 aliphatic heterocycles. The van der Waals surface area contributed by atoms with E-state index in [0.717, 1.165) is 5.57 Å². The van der Waals surface area contributed by atoms with Crippen LogP contribution < -0.4 is 5.90 Å². The van der Waals surface area contributed by atoms with Gasteiger partial charge in [-0.05, 0) is 12.5 Å². The minimum Gasteiger partial charge on any atom is -0.461 e. The largest absolute Gasteiger partial charge is 0.461 e. The molecule has 1 rings (SSSR count). The molecular formula is C8H11NO4. The first kappa shape index (κ1) is 9.73. The number of nitrogens with two attached hydrogens (primary N) is 1. The van der Waals surface area contributed by atoms with Gasteiger partial charge >= 0.3 is 11.9 Å². The van der Waals surface area contributed by atoms with Gasteiger partial charge in [0.1, 0.15) is 6.61 Å². The van der Waals surface area contributed by atoms with Crippen molar-refractivity contribution in [3.05, 3.63) is 11.6 Å². The summed E-state index contributed by atoms with van der Waals surface area (Å²) in [6.45, 7) is 1.92. The van der Waals surface area contributed by atoms with Crippen LogP contribution in [0.15, 0.2) is 11.6 Å². The summed E-state index contributed by atoms with van der Waals surface area (Å²) in [5, 5.41) is 0. The van der Waals surface area contributed by atoms with Crippen molar-refractivity contribution in [2.45, 2.75) is 13.3 Å². The Balaban J connectivity index is 2.77. The predicted molar refractivity (Wildman–Crippen MR) is 43.1 cm³/mol. The second-order valence-corrected chi connectivity index (χ2v) is 2.72. The van der Waals surface area contributed by atoms with Crippen LogP contribution in [0.1, 0.15) is 13.3 Å². The van der Waals surface area contributed by atoms with Crippen molar-refractivity contribution >= 4 is 11.9 Å². The Morgan fingerprint density at radius 2 is 2.46 bits per heavy atom. The monoisotopic (exact) mass is 185 g/mol. The molecule has 0 radical (unpaired) electrons. The zero-order valence-corrected chi connectivity index (χ0v) is 7.28. The highest BCUT2D eigenvalue weighted by Crippen LogP contribution is 2.22. The van der Waals surface area contributed by atoms with E-state index in [4.69, 9.17) is 10.6 Å². The Labute approximate surface area is 75.4 Å². The number of rotatable bonds is 1. The van der Waals surface area contributed by atoms with E-state index < -0.39 is 17.9 Å². The lowest BCUT2D eigenvalue weighted by atomic mass is 9.94. The van der Waals surface area contributed by atoms with E-state index in [-0.39, 0.29) is 13.0 Å². The number of allylic oxidation sites excluding steroid dienone is 1. The van der Waals surface area contributed by atoms with Gasteiger partial charge in [0.2, 0.25) is 0 Å². The smallest absolute Gasteiger partial charge is 0.332 e. The maximum absolute atomic E-state index is 11.1. The first-order valence-electron chi connectivity index (χ1n) is 3.90. The zero-order valence-electron chi connectivity index (χ0n) is 7.28. The van der Waals surface area contributed by atoms with Crippen molar-refractivity contribution < 1.29 is 19.2 Å². The van der Waals surface area contributed by atoms with Crippen molar-refractivity contribution in [1.82, 2.24) is 0 Å². The summed E-state index contributed by atoms with van der Waals surface area (Å²) in [5.41, 5.74) is 0.732. The molecule has 0 amide bonds. The topological polar surface area (TPSA) is 78.6 Å². The van der Waals surface area contributed by atoms with Crippen LogP contribution in [0.25, 0.3) is 0 Å². The number of cyclic esters (lactones) is 1. The van der Waals surface area contributed by atoms with Gasteiger partial charge in [-0.3, -0.25) is 4.79 Å². The van der Waals surface area contributed by atoms with Crippen molar-refractivity contribution in [3.8, 4) is 0 Å². The summed E-state index contributed by atoms with van der Waals surface area (Å²) in [4.78, 5) is 26.0. The van der Waals surface area contributed by atoms with Crippen LogP contribution in [0.4, 0.5) is 0 Å². The molecule has 0 bridgehead atoms. The van der Waals surface area contributed by atoms with Gasteiger partial charge in [-0.2, -0.15) is 5.90 Å². The Bertz CT molecular complexity index is 259. The minimum atomic E-state index is -0.593. The van der Waals surface area contributed by atoms with E-state index in [2.05, 4.69) is 4.84 Å². The van der Waals surface area contributed by atoms with E-state index in [9.17, 15) is 9.59 Å². The average Bonchev–Trinajstić information content (AvgIpc) is 2.16. The molecule has 1 aliphatic rings. The third kappa shape index (κ3) is 2.06. The normalized spacial score (nSPS) is 25.5. The van der Waals surface area contributed by atoms with E-state index in [1.54, 1.807) is 13.0 Å². The summed E-state index contributed by atoms with van der Waals surface area (Å²) in [6.07, 6.45) is 1.74. The summed E-state index contributed by atoms with van der Waals surface area (Å²) < 4.78 is 4.75. The van der Waals surface area contributed by atoms with Crippen LogP contribution in [0.2, 0.25) is 0 Å². The molecule has 1 fully saturated rings. The van der Waals surface area contributed by atoms with Crippen molar-refractivity contribution in [2.24, 2.45) is 11.8 Å². The fourth-order valence-electron chi connectivity index (χ4n) is 1.22. The molecule has 5 heteroatoms. The van der Waals surface area contributed by atoms with Crippen LogP contribution in [-0.4, -0.2) is 18.5 Å². The van der Waals surface area contributed by atoms with Gasteiger partial charge in [0.25, 0.3) is 0 Å². The summed E-state index contributed by atoms with van der Waals surface area (Å²) in [6, 6.07) is 0. The summed E-state index contributed by atoms with van der Waals surface area (Å²) in [5.74, 6) is 3.17.